The average molecular weight is 282 g/mol. The van der Waals surface area contributed by atoms with Gasteiger partial charge in [-0.2, -0.15) is 0 Å². The molecule has 2 unspecified atom stereocenters. The van der Waals surface area contributed by atoms with Gasteiger partial charge in [0.15, 0.2) is 0 Å². The van der Waals surface area contributed by atoms with Gasteiger partial charge in [-0.05, 0) is 49.7 Å². The standard InChI is InChI=1S/C19H26N2/c1-13-12-19(3,4)11-10-16(13)21-17-7-5-6-15-9-8-14(2)20-18(15)17/h5-9,13,16,21H,10-12H2,1-4H3. The molecule has 2 atom stereocenters. The molecule has 1 N–H and O–H groups in total. The molecule has 1 saturated carbocycles. The second-order valence-corrected chi connectivity index (χ2v) is 7.47. The lowest BCUT2D eigenvalue weighted by Crippen LogP contribution is -2.36. The molecule has 1 aliphatic rings. The van der Waals surface area contributed by atoms with Gasteiger partial charge in [-0.1, -0.05) is 39.0 Å². The number of para-hydroxylation sites is 1. The van der Waals surface area contributed by atoms with Crippen LogP contribution < -0.4 is 5.32 Å². The van der Waals surface area contributed by atoms with Crippen molar-refractivity contribution in [3.8, 4) is 0 Å². The number of hydrogen-bond acceptors (Lipinski definition) is 2. The summed E-state index contributed by atoms with van der Waals surface area (Å²) in [7, 11) is 0. The molecule has 3 rings (SSSR count). The molecule has 0 bridgehead atoms. The van der Waals surface area contributed by atoms with Crippen LogP contribution in [0.5, 0.6) is 0 Å². The molecule has 0 radical (unpaired) electrons. The number of anilines is 1. The molecule has 2 heteroatoms. The Bertz CT molecular complexity index is 645. The highest BCUT2D eigenvalue weighted by Gasteiger charge is 2.32. The Balaban J connectivity index is 1.87. The minimum Gasteiger partial charge on any atom is -0.380 e. The van der Waals surface area contributed by atoms with Gasteiger partial charge >= 0.3 is 0 Å². The topological polar surface area (TPSA) is 24.9 Å². The van der Waals surface area contributed by atoms with E-state index in [1.807, 2.05) is 0 Å². The van der Waals surface area contributed by atoms with Gasteiger partial charge in [0, 0.05) is 17.1 Å². The van der Waals surface area contributed by atoms with Crippen molar-refractivity contribution in [3.05, 3.63) is 36.0 Å². The highest BCUT2D eigenvalue weighted by molar-refractivity contribution is 5.90. The number of hydrogen-bond donors (Lipinski definition) is 1. The molecule has 2 nitrogen and oxygen atoms in total. The van der Waals surface area contributed by atoms with Gasteiger partial charge in [-0.25, -0.2) is 0 Å². The number of fused-ring (bicyclic) bond motifs is 1. The molecule has 1 heterocycles. The highest BCUT2D eigenvalue weighted by Crippen LogP contribution is 2.40. The molecule has 112 valence electrons. The average Bonchev–Trinajstić information content (AvgIpc) is 2.42. The van der Waals surface area contributed by atoms with Crippen LogP contribution in [0.25, 0.3) is 10.9 Å². The van der Waals surface area contributed by atoms with E-state index in [0.29, 0.717) is 17.4 Å². The molecule has 21 heavy (non-hydrogen) atoms. The number of rotatable bonds is 2. The Labute approximate surface area is 128 Å². The summed E-state index contributed by atoms with van der Waals surface area (Å²) in [5.74, 6) is 0.703. The summed E-state index contributed by atoms with van der Waals surface area (Å²) in [6.07, 6.45) is 3.84. The fraction of sp³-hybridized carbons (Fsp3) is 0.526. The maximum absolute atomic E-state index is 4.73. The lowest BCUT2D eigenvalue weighted by atomic mass is 9.70. The number of nitrogens with one attached hydrogen (secondary N) is 1. The van der Waals surface area contributed by atoms with Gasteiger partial charge in [0.05, 0.1) is 11.2 Å². The Morgan fingerprint density at radius 3 is 2.76 bits per heavy atom. The van der Waals surface area contributed by atoms with Gasteiger partial charge in [-0.15, -0.1) is 0 Å². The largest absolute Gasteiger partial charge is 0.380 e. The van der Waals surface area contributed by atoms with Crippen LogP contribution in [0.2, 0.25) is 0 Å². The fourth-order valence-electron chi connectivity index (χ4n) is 3.72. The number of nitrogens with zero attached hydrogens (tertiary/aromatic N) is 1. The maximum Gasteiger partial charge on any atom is 0.0936 e. The predicted molar refractivity (Wildman–Crippen MR) is 90.7 cm³/mol. The third-order valence-corrected chi connectivity index (χ3v) is 4.89. The Hall–Kier alpha value is -1.57. The second-order valence-electron chi connectivity index (χ2n) is 7.47. The molecular formula is C19H26N2. The first-order chi connectivity index (χ1) is 9.94. The molecule has 1 aromatic carbocycles. The van der Waals surface area contributed by atoms with Crippen LogP contribution in [0.3, 0.4) is 0 Å². The number of pyridine rings is 1. The zero-order chi connectivity index (χ0) is 15.0. The smallest absolute Gasteiger partial charge is 0.0936 e. The molecular weight excluding hydrogens is 256 g/mol. The third-order valence-electron chi connectivity index (χ3n) is 4.89. The van der Waals surface area contributed by atoms with Crippen LogP contribution in [0, 0.1) is 18.3 Å². The van der Waals surface area contributed by atoms with E-state index < -0.39 is 0 Å². The van der Waals surface area contributed by atoms with E-state index in [-0.39, 0.29) is 0 Å². The van der Waals surface area contributed by atoms with Gasteiger partial charge < -0.3 is 5.32 Å². The van der Waals surface area contributed by atoms with Gasteiger partial charge in [0.2, 0.25) is 0 Å². The summed E-state index contributed by atoms with van der Waals surface area (Å²) >= 11 is 0. The van der Waals surface area contributed by atoms with Crippen molar-refractivity contribution in [1.82, 2.24) is 4.98 Å². The Morgan fingerprint density at radius 1 is 1.19 bits per heavy atom. The van der Waals surface area contributed by atoms with Crippen molar-refractivity contribution in [2.45, 2.75) is 53.0 Å². The summed E-state index contributed by atoms with van der Waals surface area (Å²) in [6, 6.07) is 11.2. The number of aromatic nitrogens is 1. The molecule has 0 amide bonds. The first-order valence-corrected chi connectivity index (χ1v) is 8.07. The number of aryl methyl sites for hydroxylation is 1. The van der Waals surface area contributed by atoms with Crippen LogP contribution in [0.15, 0.2) is 30.3 Å². The normalized spacial score (nSPS) is 25.0. The van der Waals surface area contributed by atoms with Crippen molar-refractivity contribution in [1.29, 1.82) is 0 Å². The van der Waals surface area contributed by atoms with E-state index in [0.717, 1.165) is 11.2 Å². The minimum absolute atomic E-state index is 0.491. The van der Waals surface area contributed by atoms with E-state index >= 15 is 0 Å². The zero-order valence-electron chi connectivity index (χ0n) is 13.6. The van der Waals surface area contributed by atoms with Crippen LogP contribution >= 0.6 is 0 Å². The molecule has 1 fully saturated rings. The van der Waals surface area contributed by atoms with Crippen LogP contribution in [-0.2, 0) is 0 Å². The van der Waals surface area contributed by atoms with Gasteiger partial charge in [0.25, 0.3) is 0 Å². The predicted octanol–water partition coefficient (Wildman–Crippen LogP) is 5.17. The van der Waals surface area contributed by atoms with E-state index in [4.69, 9.17) is 4.98 Å². The Kier molecular flexibility index (Phi) is 3.64. The lowest BCUT2D eigenvalue weighted by Gasteiger charge is -2.40. The van der Waals surface area contributed by atoms with Crippen molar-refractivity contribution >= 4 is 16.6 Å². The van der Waals surface area contributed by atoms with Crippen molar-refractivity contribution in [3.63, 3.8) is 0 Å². The third kappa shape index (κ3) is 3.04. The summed E-state index contributed by atoms with van der Waals surface area (Å²) < 4.78 is 0. The van der Waals surface area contributed by atoms with Crippen LogP contribution in [-0.4, -0.2) is 11.0 Å². The van der Waals surface area contributed by atoms with Gasteiger partial charge in [-0.3, -0.25) is 4.98 Å². The summed E-state index contributed by atoms with van der Waals surface area (Å²) in [4.78, 5) is 4.73. The maximum atomic E-state index is 4.73. The van der Waals surface area contributed by atoms with Crippen LogP contribution in [0.4, 0.5) is 5.69 Å². The fourth-order valence-corrected chi connectivity index (χ4v) is 3.72. The second kappa shape index (κ2) is 5.32. The van der Waals surface area contributed by atoms with E-state index in [9.17, 15) is 0 Å². The van der Waals surface area contributed by atoms with E-state index in [1.54, 1.807) is 0 Å². The molecule has 0 spiro atoms. The molecule has 1 aromatic heterocycles. The van der Waals surface area contributed by atoms with Crippen molar-refractivity contribution in [2.75, 3.05) is 5.32 Å². The first kappa shape index (κ1) is 14.4. The monoisotopic (exact) mass is 282 g/mol. The van der Waals surface area contributed by atoms with E-state index in [1.165, 1.54) is 30.3 Å². The number of benzene rings is 1. The summed E-state index contributed by atoms with van der Waals surface area (Å²) in [5.41, 5.74) is 3.86. The SMILES string of the molecule is Cc1ccc2cccc(NC3CCC(C)(C)CC3C)c2n1. The molecule has 0 aliphatic heterocycles. The van der Waals surface area contributed by atoms with E-state index in [2.05, 4.69) is 63.3 Å². The van der Waals surface area contributed by atoms with Crippen molar-refractivity contribution in [2.24, 2.45) is 11.3 Å². The highest BCUT2D eigenvalue weighted by atomic mass is 14.9. The molecule has 1 aliphatic carbocycles. The molecule has 0 saturated heterocycles. The quantitative estimate of drug-likeness (QED) is 0.822. The van der Waals surface area contributed by atoms with Crippen LogP contribution in [0.1, 0.15) is 45.7 Å². The van der Waals surface area contributed by atoms with Crippen molar-refractivity contribution < 1.29 is 0 Å². The minimum atomic E-state index is 0.491. The first-order valence-electron chi connectivity index (χ1n) is 8.07. The summed E-state index contributed by atoms with van der Waals surface area (Å²) in [6.45, 7) is 9.22. The Morgan fingerprint density at radius 2 is 2.00 bits per heavy atom. The van der Waals surface area contributed by atoms with Gasteiger partial charge in [0.1, 0.15) is 0 Å². The summed E-state index contributed by atoms with van der Waals surface area (Å²) in [5, 5.41) is 4.99. The molecule has 2 aromatic rings. The lowest BCUT2D eigenvalue weighted by molar-refractivity contribution is 0.177. The zero-order valence-corrected chi connectivity index (χ0v) is 13.6.